The van der Waals surface area contributed by atoms with Crippen LogP contribution < -0.4 is 0 Å². The molecule has 2 heterocycles. The standard InChI is InChI=1S/C21H24Cl2N2O/c1-14-5-4-10-24-20(14)21(26)16-7-3-8-17(21)13-25(12-16)11-15-6-2-9-18(22)19(15)23/h2,4-6,9-10,16-17,26H,3,7-8,11-13H2,1H3/t16-,17-/m1/s1. The van der Waals surface area contributed by atoms with Gasteiger partial charge in [-0.25, -0.2) is 0 Å². The molecule has 2 aliphatic rings. The van der Waals surface area contributed by atoms with Crippen LogP contribution in [0.15, 0.2) is 36.5 Å². The van der Waals surface area contributed by atoms with Crippen molar-refractivity contribution in [3.05, 3.63) is 63.4 Å². The minimum absolute atomic E-state index is 0.196. The Morgan fingerprint density at radius 3 is 2.58 bits per heavy atom. The Balaban J connectivity index is 1.61. The van der Waals surface area contributed by atoms with Gasteiger partial charge in [0.25, 0.3) is 0 Å². The summed E-state index contributed by atoms with van der Waals surface area (Å²) >= 11 is 12.6. The highest BCUT2D eigenvalue weighted by Gasteiger charge is 2.52. The smallest absolute Gasteiger partial charge is 0.115 e. The van der Waals surface area contributed by atoms with E-state index >= 15 is 0 Å². The average Bonchev–Trinajstić information content (AvgIpc) is 2.60. The predicted octanol–water partition coefficient (Wildman–Crippen LogP) is 4.82. The number of rotatable bonds is 3. The number of hydrogen-bond donors (Lipinski definition) is 1. The summed E-state index contributed by atoms with van der Waals surface area (Å²) in [6.07, 6.45) is 5.04. The van der Waals surface area contributed by atoms with E-state index in [0.717, 1.165) is 49.3 Å². The van der Waals surface area contributed by atoms with Gasteiger partial charge in [0.2, 0.25) is 0 Å². The van der Waals surface area contributed by atoms with Gasteiger partial charge in [-0.2, -0.15) is 0 Å². The number of aryl methyl sites for hydroxylation is 1. The molecule has 2 aromatic rings. The molecule has 4 rings (SSSR count). The van der Waals surface area contributed by atoms with E-state index in [9.17, 15) is 5.11 Å². The predicted molar refractivity (Wildman–Crippen MR) is 105 cm³/mol. The van der Waals surface area contributed by atoms with Gasteiger partial charge in [0.05, 0.1) is 15.7 Å². The fourth-order valence-electron chi connectivity index (χ4n) is 4.88. The van der Waals surface area contributed by atoms with Crippen molar-refractivity contribution in [3.63, 3.8) is 0 Å². The highest BCUT2D eigenvalue weighted by atomic mass is 35.5. The number of halogens is 2. The maximum Gasteiger partial charge on any atom is 0.115 e. The van der Waals surface area contributed by atoms with Crippen LogP contribution in [0.5, 0.6) is 0 Å². The van der Waals surface area contributed by atoms with Gasteiger partial charge in [-0.15, -0.1) is 0 Å². The fourth-order valence-corrected chi connectivity index (χ4v) is 5.25. The van der Waals surface area contributed by atoms with Crippen LogP contribution in [0.3, 0.4) is 0 Å². The van der Waals surface area contributed by atoms with Crippen molar-refractivity contribution < 1.29 is 5.11 Å². The lowest BCUT2D eigenvalue weighted by Gasteiger charge is -2.53. The quantitative estimate of drug-likeness (QED) is 0.815. The van der Waals surface area contributed by atoms with Gasteiger partial charge >= 0.3 is 0 Å². The summed E-state index contributed by atoms with van der Waals surface area (Å²) in [5, 5.41) is 13.0. The molecule has 138 valence electrons. The lowest BCUT2D eigenvalue weighted by atomic mass is 9.63. The Morgan fingerprint density at radius 1 is 1.15 bits per heavy atom. The Hall–Kier alpha value is -1.13. The van der Waals surface area contributed by atoms with Crippen molar-refractivity contribution >= 4 is 23.2 Å². The first-order valence-electron chi connectivity index (χ1n) is 9.30. The molecular formula is C21H24Cl2N2O. The maximum atomic E-state index is 11.7. The van der Waals surface area contributed by atoms with Crippen LogP contribution in [-0.2, 0) is 12.1 Å². The van der Waals surface area contributed by atoms with Crippen LogP contribution in [0.2, 0.25) is 10.0 Å². The molecule has 26 heavy (non-hydrogen) atoms. The molecule has 1 N–H and O–H groups in total. The number of nitrogens with zero attached hydrogens (tertiary/aromatic N) is 2. The van der Waals surface area contributed by atoms with Crippen LogP contribution in [0.1, 0.15) is 36.1 Å². The van der Waals surface area contributed by atoms with E-state index in [0.29, 0.717) is 10.0 Å². The summed E-state index contributed by atoms with van der Waals surface area (Å²) in [6, 6.07) is 9.79. The summed E-state index contributed by atoms with van der Waals surface area (Å²) in [7, 11) is 0. The Labute approximate surface area is 165 Å². The summed E-state index contributed by atoms with van der Waals surface area (Å²) in [4.78, 5) is 7.00. The number of hydrogen-bond acceptors (Lipinski definition) is 3. The van der Waals surface area contributed by atoms with E-state index in [1.165, 1.54) is 6.42 Å². The second-order valence-electron chi connectivity index (χ2n) is 7.73. The van der Waals surface area contributed by atoms with Crippen molar-refractivity contribution in [2.24, 2.45) is 11.8 Å². The van der Waals surface area contributed by atoms with Crippen LogP contribution in [0, 0.1) is 18.8 Å². The van der Waals surface area contributed by atoms with Crippen molar-refractivity contribution in [2.45, 2.75) is 38.3 Å². The molecule has 0 spiro atoms. The molecule has 0 amide bonds. The monoisotopic (exact) mass is 390 g/mol. The first kappa shape index (κ1) is 18.2. The lowest BCUT2D eigenvalue weighted by molar-refractivity contribution is -0.151. The summed E-state index contributed by atoms with van der Waals surface area (Å²) in [6.45, 7) is 4.52. The number of aromatic nitrogens is 1. The SMILES string of the molecule is Cc1cccnc1C1(O)[C@@H]2CCC[C@@H]1CN(Cc1cccc(Cl)c1Cl)C2. The van der Waals surface area contributed by atoms with Crippen molar-refractivity contribution in [2.75, 3.05) is 13.1 Å². The molecule has 2 fully saturated rings. The Morgan fingerprint density at radius 2 is 1.88 bits per heavy atom. The second kappa shape index (κ2) is 7.12. The molecule has 0 unspecified atom stereocenters. The van der Waals surface area contributed by atoms with E-state index in [2.05, 4.69) is 9.88 Å². The molecule has 0 radical (unpaired) electrons. The highest BCUT2D eigenvalue weighted by Crippen LogP contribution is 2.49. The molecule has 1 aromatic heterocycles. The van der Waals surface area contributed by atoms with Crippen LogP contribution in [-0.4, -0.2) is 28.1 Å². The second-order valence-corrected chi connectivity index (χ2v) is 8.51. The zero-order valence-corrected chi connectivity index (χ0v) is 16.5. The van der Waals surface area contributed by atoms with E-state index in [1.807, 2.05) is 37.3 Å². The van der Waals surface area contributed by atoms with Gasteiger partial charge in [0.1, 0.15) is 5.60 Å². The van der Waals surface area contributed by atoms with Crippen LogP contribution in [0.4, 0.5) is 0 Å². The van der Waals surface area contributed by atoms with E-state index < -0.39 is 5.60 Å². The zero-order valence-electron chi connectivity index (χ0n) is 15.0. The highest BCUT2D eigenvalue weighted by molar-refractivity contribution is 6.42. The molecule has 1 saturated heterocycles. The molecule has 3 nitrogen and oxygen atoms in total. The number of fused-ring (bicyclic) bond motifs is 2. The largest absolute Gasteiger partial charge is 0.383 e. The average molecular weight is 391 g/mol. The topological polar surface area (TPSA) is 36.4 Å². The van der Waals surface area contributed by atoms with Gasteiger partial charge < -0.3 is 5.11 Å². The van der Waals surface area contributed by atoms with Gasteiger partial charge in [-0.3, -0.25) is 9.88 Å². The minimum Gasteiger partial charge on any atom is -0.383 e. The summed E-state index contributed by atoms with van der Waals surface area (Å²) in [5.74, 6) is 0.392. The van der Waals surface area contributed by atoms with Crippen LogP contribution in [0.25, 0.3) is 0 Å². The third kappa shape index (κ3) is 3.05. The van der Waals surface area contributed by atoms with Gasteiger partial charge in [0, 0.05) is 37.7 Å². The molecule has 1 saturated carbocycles. The fraction of sp³-hybridized carbons (Fsp3) is 0.476. The van der Waals surface area contributed by atoms with Gasteiger partial charge in [-0.1, -0.05) is 47.8 Å². The Bertz CT molecular complexity index is 796. The van der Waals surface area contributed by atoms with Gasteiger partial charge in [0.15, 0.2) is 0 Å². The normalized spacial score (nSPS) is 28.9. The number of pyridine rings is 1. The molecule has 1 aliphatic carbocycles. The van der Waals surface area contributed by atoms with Crippen molar-refractivity contribution in [1.29, 1.82) is 0 Å². The molecule has 1 aliphatic heterocycles. The third-order valence-electron chi connectivity index (χ3n) is 6.12. The van der Waals surface area contributed by atoms with Crippen molar-refractivity contribution in [3.8, 4) is 0 Å². The molecule has 2 atom stereocenters. The first-order chi connectivity index (χ1) is 12.5. The molecule has 2 bridgehead atoms. The molecule has 1 aromatic carbocycles. The minimum atomic E-state index is -0.821. The number of aliphatic hydroxyl groups is 1. The molecule has 5 heteroatoms. The van der Waals surface area contributed by atoms with E-state index in [4.69, 9.17) is 23.2 Å². The summed E-state index contributed by atoms with van der Waals surface area (Å²) in [5.41, 5.74) is 2.18. The maximum absolute atomic E-state index is 11.7. The van der Waals surface area contributed by atoms with Crippen LogP contribution >= 0.6 is 23.2 Å². The number of benzene rings is 1. The van der Waals surface area contributed by atoms with E-state index in [-0.39, 0.29) is 11.8 Å². The summed E-state index contributed by atoms with van der Waals surface area (Å²) < 4.78 is 0. The van der Waals surface area contributed by atoms with E-state index in [1.54, 1.807) is 6.20 Å². The lowest BCUT2D eigenvalue weighted by Crippen LogP contribution is -2.58. The number of piperidine rings is 1. The third-order valence-corrected chi connectivity index (χ3v) is 6.98. The number of likely N-dealkylation sites (tertiary alicyclic amines) is 1. The van der Waals surface area contributed by atoms with Gasteiger partial charge in [-0.05, 0) is 43.0 Å². The zero-order chi connectivity index (χ0) is 18.3. The molecular weight excluding hydrogens is 367 g/mol. The first-order valence-corrected chi connectivity index (χ1v) is 10.1. The Kier molecular flexibility index (Phi) is 5.00. The van der Waals surface area contributed by atoms with Crippen molar-refractivity contribution in [1.82, 2.24) is 9.88 Å².